The second-order valence-corrected chi connectivity index (χ2v) is 6.38. The first kappa shape index (κ1) is 17.5. The van der Waals surface area contributed by atoms with Gasteiger partial charge in [0.2, 0.25) is 0 Å². The smallest absolute Gasteiger partial charge is 0.179 e. The standard InChI is InChI=1S/C15H24ClNO2S/c1-5-20-7-6-11(2)17-10-12-8-13(16)15(19-4)14(9-12)18-3/h8-9,11,17H,5-7,10H2,1-4H3. The molecule has 20 heavy (non-hydrogen) atoms. The van der Waals surface area contributed by atoms with Gasteiger partial charge in [-0.1, -0.05) is 18.5 Å². The van der Waals surface area contributed by atoms with Crippen LogP contribution in [0.4, 0.5) is 0 Å². The van der Waals surface area contributed by atoms with E-state index < -0.39 is 0 Å². The Hall–Kier alpha value is -0.580. The molecule has 0 aromatic heterocycles. The number of halogens is 1. The van der Waals surface area contributed by atoms with Crippen LogP contribution in [0.3, 0.4) is 0 Å². The quantitative estimate of drug-likeness (QED) is 0.698. The van der Waals surface area contributed by atoms with E-state index in [1.54, 1.807) is 14.2 Å². The summed E-state index contributed by atoms with van der Waals surface area (Å²) in [4.78, 5) is 0. The highest BCUT2D eigenvalue weighted by molar-refractivity contribution is 7.99. The van der Waals surface area contributed by atoms with Crippen molar-refractivity contribution in [1.29, 1.82) is 0 Å². The van der Waals surface area contributed by atoms with E-state index in [0.29, 0.717) is 22.6 Å². The largest absolute Gasteiger partial charge is 0.493 e. The molecule has 0 aliphatic heterocycles. The maximum atomic E-state index is 6.20. The van der Waals surface area contributed by atoms with Crippen molar-refractivity contribution >= 4 is 23.4 Å². The lowest BCUT2D eigenvalue weighted by Gasteiger charge is -2.15. The molecule has 0 bridgehead atoms. The van der Waals surface area contributed by atoms with Gasteiger partial charge in [-0.25, -0.2) is 0 Å². The molecule has 0 radical (unpaired) electrons. The van der Waals surface area contributed by atoms with Crippen LogP contribution >= 0.6 is 23.4 Å². The monoisotopic (exact) mass is 317 g/mol. The van der Waals surface area contributed by atoms with E-state index in [9.17, 15) is 0 Å². The van der Waals surface area contributed by atoms with Gasteiger partial charge in [-0.2, -0.15) is 11.8 Å². The maximum Gasteiger partial charge on any atom is 0.179 e. The van der Waals surface area contributed by atoms with Crippen molar-refractivity contribution < 1.29 is 9.47 Å². The molecule has 1 N–H and O–H groups in total. The maximum absolute atomic E-state index is 6.20. The fourth-order valence-corrected chi connectivity index (χ4v) is 2.99. The Morgan fingerprint density at radius 1 is 1.30 bits per heavy atom. The van der Waals surface area contributed by atoms with Gasteiger partial charge in [0.25, 0.3) is 0 Å². The fourth-order valence-electron chi connectivity index (χ4n) is 1.87. The SMILES string of the molecule is CCSCCC(C)NCc1cc(Cl)c(OC)c(OC)c1. The van der Waals surface area contributed by atoms with Crippen molar-refractivity contribution in [3.63, 3.8) is 0 Å². The molecule has 1 rings (SSSR count). The zero-order valence-corrected chi connectivity index (χ0v) is 14.2. The second-order valence-electron chi connectivity index (χ2n) is 4.58. The highest BCUT2D eigenvalue weighted by Crippen LogP contribution is 2.35. The molecule has 1 unspecified atom stereocenters. The summed E-state index contributed by atoms with van der Waals surface area (Å²) < 4.78 is 10.5. The summed E-state index contributed by atoms with van der Waals surface area (Å²) in [5.41, 5.74) is 1.10. The van der Waals surface area contributed by atoms with E-state index in [0.717, 1.165) is 12.1 Å². The molecular weight excluding hydrogens is 294 g/mol. The Balaban J connectivity index is 2.58. The van der Waals surface area contributed by atoms with Crippen LogP contribution < -0.4 is 14.8 Å². The van der Waals surface area contributed by atoms with Crippen LogP contribution in [-0.4, -0.2) is 31.8 Å². The van der Waals surface area contributed by atoms with Gasteiger partial charge in [0.05, 0.1) is 19.2 Å². The van der Waals surface area contributed by atoms with Gasteiger partial charge in [0.15, 0.2) is 11.5 Å². The van der Waals surface area contributed by atoms with Crippen LogP contribution in [0.25, 0.3) is 0 Å². The van der Waals surface area contributed by atoms with Crippen LogP contribution in [0.1, 0.15) is 25.8 Å². The van der Waals surface area contributed by atoms with Crippen molar-refractivity contribution in [1.82, 2.24) is 5.32 Å². The van der Waals surface area contributed by atoms with Crippen LogP contribution in [-0.2, 0) is 6.54 Å². The number of ether oxygens (including phenoxy) is 2. The van der Waals surface area contributed by atoms with Crippen molar-refractivity contribution in [2.45, 2.75) is 32.9 Å². The molecule has 114 valence electrons. The van der Waals surface area contributed by atoms with E-state index in [1.807, 2.05) is 23.9 Å². The molecule has 1 aromatic carbocycles. The Bertz CT molecular complexity index is 415. The van der Waals surface area contributed by atoms with E-state index >= 15 is 0 Å². The molecule has 1 atom stereocenters. The van der Waals surface area contributed by atoms with Gasteiger partial charge < -0.3 is 14.8 Å². The molecule has 0 aliphatic rings. The van der Waals surface area contributed by atoms with Crippen molar-refractivity contribution in [3.8, 4) is 11.5 Å². The fraction of sp³-hybridized carbons (Fsp3) is 0.600. The highest BCUT2D eigenvalue weighted by atomic mass is 35.5. The Kier molecular flexibility index (Phi) is 8.19. The van der Waals surface area contributed by atoms with Crippen molar-refractivity contribution in [2.75, 3.05) is 25.7 Å². The van der Waals surface area contributed by atoms with Gasteiger partial charge >= 0.3 is 0 Å². The molecule has 5 heteroatoms. The van der Waals surface area contributed by atoms with Gasteiger partial charge in [0, 0.05) is 12.6 Å². The average Bonchev–Trinajstić information content (AvgIpc) is 2.44. The molecule has 0 amide bonds. The third-order valence-corrected chi connectivity index (χ3v) is 4.26. The van der Waals surface area contributed by atoms with E-state index in [4.69, 9.17) is 21.1 Å². The summed E-state index contributed by atoms with van der Waals surface area (Å²) >= 11 is 8.17. The number of hydrogen-bond acceptors (Lipinski definition) is 4. The lowest BCUT2D eigenvalue weighted by Crippen LogP contribution is -2.26. The minimum absolute atomic E-state index is 0.487. The van der Waals surface area contributed by atoms with E-state index in [2.05, 4.69) is 19.2 Å². The lowest BCUT2D eigenvalue weighted by atomic mass is 10.1. The van der Waals surface area contributed by atoms with Crippen molar-refractivity contribution in [2.24, 2.45) is 0 Å². The first-order chi connectivity index (χ1) is 9.62. The summed E-state index contributed by atoms with van der Waals surface area (Å²) in [7, 11) is 3.21. The van der Waals surface area contributed by atoms with Crippen LogP contribution in [0.2, 0.25) is 5.02 Å². The normalized spacial score (nSPS) is 12.2. The number of nitrogens with one attached hydrogen (secondary N) is 1. The minimum atomic E-state index is 0.487. The molecule has 0 saturated carbocycles. The molecule has 0 spiro atoms. The molecule has 0 aliphatic carbocycles. The molecule has 1 aromatic rings. The predicted molar refractivity (Wildman–Crippen MR) is 88.5 cm³/mol. The van der Waals surface area contributed by atoms with Crippen LogP contribution in [0.5, 0.6) is 11.5 Å². The summed E-state index contributed by atoms with van der Waals surface area (Å²) in [5.74, 6) is 3.63. The highest BCUT2D eigenvalue weighted by Gasteiger charge is 2.11. The zero-order chi connectivity index (χ0) is 15.0. The predicted octanol–water partition coefficient (Wildman–Crippen LogP) is 3.98. The zero-order valence-electron chi connectivity index (χ0n) is 12.7. The summed E-state index contributed by atoms with van der Waals surface area (Å²) in [6.45, 7) is 5.17. The average molecular weight is 318 g/mol. The van der Waals surface area contributed by atoms with E-state index in [-0.39, 0.29) is 0 Å². The topological polar surface area (TPSA) is 30.5 Å². The van der Waals surface area contributed by atoms with Crippen LogP contribution in [0.15, 0.2) is 12.1 Å². The molecule has 3 nitrogen and oxygen atoms in total. The summed E-state index contributed by atoms with van der Waals surface area (Å²) in [6, 6.07) is 4.37. The Labute approximate surface area is 131 Å². The third kappa shape index (κ3) is 5.43. The number of benzene rings is 1. The third-order valence-electron chi connectivity index (χ3n) is 3.05. The summed E-state index contributed by atoms with van der Waals surface area (Å²) in [5, 5.41) is 4.09. The summed E-state index contributed by atoms with van der Waals surface area (Å²) in [6.07, 6.45) is 1.17. The molecular formula is C15H24ClNO2S. The molecule has 0 fully saturated rings. The molecule has 0 saturated heterocycles. The second kappa shape index (κ2) is 9.37. The van der Waals surface area contributed by atoms with Crippen molar-refractivity contribution in [3.05, 3.63) is 22.7 Å². The number of rotatable bonds is 9. The van der Waals surface area contributed by atoms with Gasteiger partial charge in [-0.05, 0) is 42.5 Å². The number of methoxy groups -OCH3 is 2. The van der Waals surface area contributed by atoms with Gasteiger partial charge in [-0.3, -0.25) is 0 Å². The van der Waals surface area contributed by atoms with Crippen LogP contribution in [0, 0.1) is 0 Å². The Morgan fingerprint density at radius 2 is 2.05 bits per heavy atom. The number of hydrogen-bond donors (Lipinski definition) is 1. The van der Waals surface area contributed by atoms with E-state index in [1.165, 1.54) is 17.9 Å². The van der Waals surface area contributed by atoms with Gasteiger partial charge in [0.1, 0.15) is 0 Å². The molecule has 0 heterocycles. The first-order valence-corrected chi connectivity index (χ1v) is 8.37. The first-order valence-electron chi connectivity index (χ1n) is 6.83. The number of thioether (sulfide) groups is 1. The Morgan fingerprint density at radius 3 is 2.65 bits per heavy atom. The lowest BCUT2D eigenvalue weighted by molar-refractivity contribution is 0.354. The van der Waals surface area contributed by atoms with Gasteiger partial charge in [-0.15, -0.1) is 0 Å². The minimum Gasteiger partial charge on any atom is -0.493 e.